The number of aliphatic carboxylic acids is 1. The predicted molar refractivity (Wildman–Crippen MR) is 70.9 cm³/mol. The number of anilines is 1. The van der Waals surface area contributed by atoms with E-state index in [1.54, 1.807) is 17.0 Å². The van der Waals surface area contributed by atoms with Crippen molar-refractivity contribution in [2.75, 3.05) is 11.4 Å². The van der Waals surface area contributed by atoms with E-state index in [2.05, 4.69) is 0 Å². The molecule has 0 amide bonds. The molecule has 0 aliphatic carbocycles. The second-order valence-electron chi connectivity index (χ2n) is 4.93. The Morgan fingerprint density at radius 2 is 2.11 bits per heavy atom. The summed E-state index contributed by atoms with van der Waals surface area (Å²) < 4.78 is 0. The maximum absolute atomic E-state index is 10.9. The first-order valence-corrected chi connectivity index (χ1v) is 5.82. The van der Waals surface area contributed by atoms with Crippen LogP contribution in [-0.4, -0.2) is 23.2 Å². The van der Waals surface area contributed by atoms with Gasteiger partial charge < -0.3 is 10.0 Å². The van der Waals surface area contributed by atoms with E-state index in [-0.39, 0.29) is 12.1 Å². The number of nitrogens with zero attached hydrogens (tertiary/aromatic N) is 2. The van der Waals surface area contributed by atoms with Gasteiger partial charge in [-0.15, -0.1) is 0 Å². The molecule has 0 radical (unpaired) electrons. The molecule has 0 aliphatic heterocycles. The molecule has 0 unspecified atom stereocenters. The summed E-state index contributed by atoms with van der Waals surface area (Å²) in [6.45, 7) is 5.58. The van der Waals surface area contributed by atoms with Crippen LogP contribution in [0.4, 0.5) is 5.69 Å². The third kappa shape index (κ3) is 3.38. The summed E-state index contributed by atoms with van der Waals surface area (Å²) in [6, 6.07) is 6.84. The summed E-state index contributed by atoms with van der Waals surface area (Å²) in [7, 11) is 0. The van der Waals surface area contributed by atoms with Crippen molar-refractivity contribution in [1.82, 2.24) is 0 Å². The lowest BCUT2D eigenvalue weighted by Gasteiger charge is -2.37. The molecule has 0 saturated heterocycles. The van der Waals surface area contributed by atoms with Crippen LogP contribution in [0.25, 0.3) is 0 Å². The van der Waals surface area contributed by atoms with Gasteiger partial charge in [-0.2, -0.15) is 5.26 Å². The van der Waals surface area contributed by atoms with Gasteiger partial charge in [0.15, 0.2) is 0 Å². The first kappa shape index (κ1) is 14.3. The van der Waals surface area contributed by atoms with Crippen molar-refractivity contribution >= 4 is 23.3 Å². The van der Waals surface area contributed by atoms with Gasteiger partial charge in [-0.1, -0.05) is 11.6 Å². The number of carboxylic acid groups (broad SMARTS) is 1. The van der Waals surface area contributed by atoms with Crippen molar-refractivity contribution < 1.29 is 9.90 Å². The van der Waals surface area contributed by atoms with Crippen molar-refractivity contribution in [2.24, 2.45) is 0 Å². The molecule has 0 heterocycles. The van der Waals surface area contributed by atoms with Gasteiger partial charge in [0.25, 0.3) is 0 Å². The predicted octanol–water partition coefficient (Wildman–Crippen LogP) is 2.90. The van der Waals surface area contributed by atoms with Gasteiger partial charge in [0.2, 0.25) is 0 Å². The molecule has 0 aromatic heterocycles. The molecule has 0 atom stereocenters. The monoisotopic (exact) mass is 266 g/mol. The van der Waals surface area contributed by atoms with E-state index in [4.69, 9.17) is 22.0 Å². The van der Waals surface area contributed by atoms with Crippen molar-refractivity contribution in [3.63, 3.8) is 0 Å². The highest BCUT2D eigenvalue weighted by Crippen LogP contribution is 2.31. The molecule has 5 heteroatoms. The third-order valence-corrected chi connectivity index (χ3v) is 2.77. The molecule has 0 bridgehead atoms. The zero-order valence-corrected chi connectivity index (χ0v) is 11.3. The van der Waals surface area contributed by atoms with Crippen LogP contribution in [0.3, 0.4) is 0 Å². The number of benzene rings is 1. The van der Waals surface area contributed by atoms with Gasteiger partial charge in [0, 0.05) is 5.54 Å². The highest BCUT2D eigenvalue weighted by molar-refractivity contribution is 6.33. The Morgan fingerprint density at radius 3 is 2.50 bits per heavy atom. The fraction of sp³-hybridized carbons (Fsp3) is 0.385. The largest absolute Gasteiger partial charge is 0.480 e. The van der Waals surface area contributed by atoms with E-state index in [0.717, 1.165) is 0 Å². The lowest BCUT2D eigenvalue weighted by Crippen LogP contribution is -2.44. The van der Waals surface area contributed by atoms with Gasteiger partial charge in [0.05, 0.1) is 22.3 Å². The van der Waals surface area contributed by atoms with Crippen LogP contribution >= 0.6 is 11.6 Å². The average molecular weight is 267 g/mol. The van der Waals surface area contributed by atoms with Crippen molar-refractivity contribution in [3.05, 3.63) is 28.8 Å². The Morgan fingerprint density at radius 1 is 1.50 bits per heavy atom. The van der Waals surface area contributed by atoms with Crippen LogP contribution < -0.4 is 4.90 Å². The van der Waals surface area contributed by atoms with E-state index in [1.807, 2.05) is 26.8 Å². The number of carboxylic acids is 1. The molecule has 0 spiro atoms. The first-order chi connectivity index (χ1) is 8.25. The number of hydrogen-bond donors (Lipinski definition) is 1. The highest BCUT2D eigenvalue weighted by atomic mass is 35.5. The molecule has 1 aromatic carbocycles. The minimum absolute atomic E-state index is 0.144. The number of carbonyl (C=O) groups is 1. The van der Waals surface area contributed by atoms with Gasteiger partial charge >= 0.3 is 5.97 Å². The summed E-state index contributed by atoms with van der Waals surface area (Å²) >= 11 is 6.11. The summed E-state index contributed by atoms with van der Waals surface area (Å²) in [6.07, 6.45) is 0. The Balaban J connectivity index is 3.22. The Bertz CT molecular complexity index is 501. The zero-order chi connectivity index (χ0) is 13.9. The standard InChI is InChI=1S/C13H15ClN2O2/c1-13(2,3)16(8-12(17)18)11-5-4-9(7-15)6-10(11)14/h4-6H,8H2,1-3H3,(H,17,18). The molecule has 1 aromatic rings. The lowest BCUT2D eigenvalue weighted by molar-refractivity contribution is -0.135. The number of hydrogen-bond acceptors (Lipinski definition) is 3. The van der Waals surface area contributed by atoms with Crippen molar-refractivity contribution in [2.45, 2.75) is 26.3 Å². The SMILES string of the molecule is CC(C)(C)N(CC(=O)O)c1ccc(C#N)cc1Cl. The average Bonchev–Trinajstić information content (AvgIpc) is 2.24. The molecule has 0 aliphatic rings. The number of rotatable bonds is 3. The Kier molecular flexibility index (Phi) is 4.20. The van der Waals surface area contributed by atoms with E-state index in [0.29, 0.717) is 16.3 Å². The van der Waals surface area contributed by atoms with Gasteiger partial charge in [0.1, 0.15) is 6.54 Å². The molecule has 1 rings (SSSR count). The van der Waals surface area contributed by atoms with Gasteiger partial charge in [-0.05, 0) is 39.0 Å². The van der Waals surface area contributed by atoms with Crippen LogP contribution in [0.15, 0.2) is 18.2 Å². The number of halogens is 1. The van der Waals surface area contributed by atoms with E-state index in [1.165, 1.54) is 6.07 Å². The Labute approximate surface area is 111 Å². The van der Waals surface area contributed by atoms with E-state index < -0.39 is 5.97 Å². The second kappa shape index (κ2) is 5.28. The molecule has 1 N–H and O–H groups in total. The molecule has 18 heavy (non-hydrogen) atoms. The number of nitriles is 1. The van der Waals surface area contributed by atoms with Crippen molar-refractivity contribution in [1.29, 1.82) is 5.26 Å². The molecular weight excluding hydrogens is 252 g/mol. The molecule has 0 saturated carbocycles. The quantitative estimate of drug-likeness (QED) is 0.914. The van der Waals surface area contributed by atoms with E-state index >= 15 is 0 Å². The van der Waals surface area contributed by atoms with Crippen LogP contribution in [0.5, 0.6) is 0 Å². The Hall–Kier alpha value is -1.73. The first-order valence-electron chi connectivity index (χ1n) is 5.45. The minimum Gasteiger partial charge on any atom is -0.480 e. The molecule has 96 valence electrons. The third-order valence-electron chi connectivity index (χ3n) is 2.47. The fourth-order valence-electron chi connectivity index (χ4n) is 1.61. The highest BCUT2D eigenvalue weighted by Gasteiger charge is 2.25. The lowest BCUT2D eigenvalue weighted by atomic mass is 10.0. The van der Waals surface area contributed by atoms with Crippen LogP contribution in [0.2, 0.25) is 5.02 Å². The van der Waals surface area contributed by atoms with Crippen molar-refractivity contribution in [3.8, 4) is 6.07 Å². The maximum atomic E-state index is 10.9. The summed E-state index contributed by atoms with van der Waals surface area (Å²) in [5.41, 5.74) is 0.689. The van der Waals surface area contributed by atoms with Crippen LogP contribution in [0.1, 0.15) is 26.3 Å². The maximum Gasteiger partial charge on any atom is 0.323 e. The normalized spacial score (nSPS) is 10.8. The molecular formula is C13H15ClN2O2. The van der Waals surface area contributed by atoms with Crippen LogP contribution in [-0.2, 0) is 4.79 Å². The smallest absolute Gasteiger partial charge is 0.323 e. The fourth-order valence-corrected chi connectivity index (χ4v) is 1.90. The summed E-state index contributed by atoms with van der Waals surface area (Å²) in [4.78, 5) is 12.6. The van der Waals surface area contributed by atoms with Crippen LogP contribution in [0, 0.1) is 11.3 Å². The van der Waals surface area contributed by atoms with Gasteiger partial charge in [-0.3, -0.25) is 4.79 Å². The second-order valence-corrected chi connectivity index (χ2v) is 5.34. The summed E-state index contributed by atoms with van der Waals surface area (Å²) in [5, 5.41) is 18.1. The minimum atomic E-state index is -0.926. The van der Waals surface area contributed by atoms with E-state index in [9.17, 15) is 4.79 Å². The summed E-state index contributed by atoms with van der Waals surface area (Å²) in [5.74, 6) is -0.926. The zero-order valence-electron chi connectivity index (χ0n) is 10.6. The molecule has 4 nitrogen and oxygen atoms in total. The molecule has 0 fully saturated rings. The topological polar surface area (TPSA) is 64.3 Å². The van der Waals surface area contributed by atoms with Gasteiger partial charge in [-0.25, -0.2) is 0 Å².